The number of hydrogen-bond acceptors (Lipinski definition) is 9. The molecule has 0 N–H and O–H groups in total. The second kappa shape index (κ2) is 6.19. The van der Waals surface area contributed by atoms with Crippen LogP contribution in [0, 0.1) is 0 Å². The molecule has 9 heteroatoms. The zero-order valence-corrected chi connectivity index (χ0v) is 10.8. The minimum absolute atomic E-state index is 0.0310. The van der Waals surface area contributed by atoms with E-state index < -0.39 is 18.4 Å². The van der Waals surface area contributed by atoms with E-state index in [-0.39, 0.29) is 23.8 Å². The van der Waals surface area contributed by atoms with Crippen molar-refractivity contribution in [2.45, 2.75) is 12.2 Å². The van der Waals surface area contributed by atoms with Gasteiger partial charge in [-0.05, 0) is 23.5 Å². The van der Waals surface area contributed by atoms with Gasteiger partial charge < -0.3 is 18.9 Å². The van der Waals surface area contributed by atoms with E-state index in [2.05, 4.69) is 0 Å². The molecule has 7 nitrogen and oxygen atoms in total. The van der Waals surface area contributed by atoms with Crippen LogP contribution in [0.15, 0.2) is 0 Å². The van der Waals surface area contributed by atoms with Crippen LogP contribution >= 0.6 is 23.5 Å². The zero-order valence-electron chi connectivity index (χ0n) is 9.16. The number of rotatable bonds is 4. The molecule has 0 aromatic rings. The average Bonchev–Trinajstić information content (AvgIpc) is 2.93. The van der Waals surface area contributed by atoms with Crippen molar-refractivity contribution in [1.29, 1.82) is 0 Å². The fourth-order valence-electron chi connectivity index (χ4n) is 1.26. The van der Waals surface area contributed by atoms with E-state index in [0.717, 1.165) is 23.5 Å². The SMILES string of the molecule is O=C(OCC1CSC(=O)O1)OCC1CSC(=O)O1. The van der Waals surface area contributed by atoms with Gasteiger partial charge in [0.2, 0.25) is 0 Å². The van der Waals surface area contributed by atoms with Crippen LogP contribution in [0.2, 0.25) is 0 Å². The van der Waals surface area contributed by atoms with Crippen LogP contribution in [0.1, 0.15) is 0 Å². The predicted molar refractivity (Wildman–Crippen MR) is 62.8 cm³/mol. The maximum absolute atomic E-state index is 11.2. The molecule has 2 aliphatic heterocycles. The summed E-state index contributed by atoms with van der Waals surface area (Å²) in [7, 11) is 0. The lowest BCUT2D eigenvalue weighted by Gasteiger charge is -2.11. The Bertz CT molecular complexity index is 327. The number of ether oxygens (including phenoxy) is 4. The van der Waals surface area contributed by atoms with E-state index in [0.29, 0.717) is 11.5 Å². The van der Waals surface area contributed by atoms with Gasteiger partial charge in [-0.2, -0.15) is 0 Å². The lowest BCUT2D eigenvalue weighted by molar-refractivity contribution is 0.00640. The van der Waals surface area contributed by atoms with Crippen molar-refractivity contribution in [3.05, 3.63) is 0 Å². The van der Waals surface area contributed by atoms with Crippen molar-refractivity contribution in [2.24, 2.45) is 0 Å². The largest absolute Gasteiger partial charge is 0.508 e. The minimum Gasteiger partial charge on any atom is -0.450 e. The van der Waals surface area contributed by atoms with E-state index in [9.17, 15) is 14.4 Å². The summed E-state index contributed by atoms with van der Waals surface area (Å²) in [6, 6.07) is 0. The van der Waals surface area contributed by atoms with E-state index in [1.165, 1.54) is 0 Å². The highest BCUT2D eigenvalue weighted by Crippen LogP contribution is 2.20. The number of hydrogen-bond donors (Lipinski definition) is 0. The lowest BCUT2D eigenvalue weighted by atomic mass is 10.4. The Hall–Kier alpha value is -1.09. The summed E-state index contributed by atoms with van der Waals surface area (Å²) in [5, 5.41) is -0.737. The summed E-state index contributed by atoms with van der Waals surface area (Å²) >= 11 is 2.08. The van der Waals surface area contributed by atoms with Crippen LogP contribution in [0.25, 0.3) is 0 Å². The first kappa shape index (κ1) is 13.3. The van der Waals surface area contributed by atoms with Gasteiger partial charge in [-0.15, -0.1) is 0 Å². The molecular formula is C9H10O7S2. The van der Waals surface area contributed by atoms with Crippen LogP contribution in [0.4, 0.5) is 14.4 Å². The number of carbonyl (C=O) groups excluding carboxylic acids is 3. The first-order valence-corrected chi connectivity index (χ1v) is 7.07. The van der Waals surface area contributed by atoms with Gasteiger partial charge in [0.15, 0.2) is 0 Å². The molecule has 2 fully saturated rings. The van der Waals surface area contributed by atoms with Crippen molar-refractivity contribution >= 4 is 40.3 Å². The summed E-state index contributed by atoms with van der Waals surface area (Å²) < 4.78 is 19.2. The molecule has 0 bridgehead atoms. The monoisotopic (exact) mass is 294 g/mol. The fraction of sp³-hybridized carbons (Fsp3) is 0.667. The quantitative estimate of drug-likeness (QED) is 0.567. The Balaban J connectivity index is 1.57. The maximum atomic E-state index is 11.2. The second-order valence-corrected chi connectivity index (χ2v) is 5.38. The molecule has 18 heavy (non-hydrogen) atoms. The molecule has 100 valence electrons. The molecule has 0 saturated carbocycles. The van der Waals surface area contributed by atoms with Crippen LogP contribution in [0.3, 0.4) is 0 Å². The highest BCUT2D eigenvalue weighted by Gasteiger charge is 2.27. The van der Waals surface area contributed by atoms with Gasteiger partial charge in [0.25, 0.3) is 0 Å². The van der Waals surface area contributed by atoms with Crippen LogP contribution in [-0.4, -0.2) is 53.7 Å². The van der Waals surface area contributed by atoms with Crippen LogP contribution < -0.4 is 0 Å². The molecule has 0 amide bonds. The molecule has 2 atom stereocenters. The number of thioether (sulfide) groups is 2. The number of carbonyl (C=O) groups is 3. The van der Waals surface area contributed by atoms with Crippen molar-refractivity contribution in [2.75, 3.05) is 24.7 Å². The van der Waals surface area contributed by atoms with Gasteiger partial charge in [-0.1, -0.05) is 0 Å². The molecule has 2 heterocycles. The summed E-state index contributed by atoms with van der Waals surface area (Å²) in [6.07, 6.45) is -1.71. The fourth-order valence-corrected chi connectivity index (χ4v) is 2.64. The standard InChI is InChI=1S/C9H10O7S2/c10-7(13-1-5-3-17-8(11)15-5)14-2-6-4-18-9(12)16-6/h5-6H,1-4H2. The number of cyclic esters (lactones) is 2. The second-order valence-electron chi connectivity index (χ2n) is 3.47. The highest BCUT2D eigenvalue weighted by molar-refractivity contribution is 8.13. The van der Waals surface area contributed by atoms with Gasteiger partial charge in [0, 0.05) is 11.5 Å². The molecular weight excluding hydrogens is 284 g/mol. The highest BCUT2D eigenvalue weighted by atomic mass is 32.2. The maximum Gasteiger partial charge on any atom is 0.508 e. The lowest BCUT2D eigenvalue weighted by Crippen LogP contribution is -2.24. The molecule has 0 aliphatic carbocycles. The van der Waals surface area contributed by atoms with E-state index in [4.69, 9.17) is 18.9 Å². The first-order valence-electron chi connectivity index (χ1n) is 5.10. The zero-order chi connectivity index (χ0) is 13.0. The third kappa shape index (κ3) is 3.98. The predicted octanol–water partition coefficient (Wildman–Crippen LogP) is 1.64. The topological polar surface area (TPSA) is 88.1 Å². The van der Waals surface area contributed by atoms with Crippen molar-refractivity contribution < 1.29 is 33.3 Å². The first-order chi connectivity index (χ1) is 8.63. The molecule has 2 aliphatic rings. The summed E-state index contributed by atoms with van der Waals surface area (Å²) in [5.41, 5.74) is 0. The summed E-state index contributed by atoms with van der Waals surface area (Å²) in [6.45, 7) is -0.0619. The van der Waals surface area contributed by atoms with E-state index in [1.807, 2.05) is 0 Å². The van der Waals surface area contributed by atoms with Crippen molar-refractivity contribution in [3.8, 4) is 0 Å². The molecule has 0 aromatic carbocycles. The molecule has 2 rings (SSSR count). The molecule has 2 saturated heterocycles. The third-order valence-corrected chi connectivity index (χ3v) is 3.81. The van der Waals surface area contributed by atoms with Gasteiger partial charge >= 0.3 is 16.8 Å². The average molecular weight is 294 g/mol. The van der Waals surface area contributed by atoms with E-state index in [1.54, 1.807) is 0 Å². The van der Waals surface area contributed by atoms with Crippen LogP contribution in [0.5, 0.6) is 0 Å². The third-order valence-electron chi connectivity index (χ3n) is 2.07. The molecule has 0 radical (unpaired) electrons. The van der Waals surface area contributed by atoms with E-state index >= 15 is 0 Å². The van der Waals surface area contributed by atoms with Gasteiger partial charge in [-0.3, -0.25) is 0 Å². The van der Waals surface area contributed by atoms with Gasteiger partial charge in [-0.25, -0.2) is 14.4 Å². The molecule has 0 aromatic heterocycles. The van der Waals surface area contributed by atoms with Crippen LogP contribution in [-0.2, 0) is 18.9 Å². The summed E-state index contributed by atoms with van der Waals surface area (Å²) in [5.74, 6) is 0.923. The van der Waals surface area contributed by atoms with Gasteiger partial charge in [0.05, 0.1) is 0 Å². The Kier molecular flexibility index (Phi) is 4.59. The Morgan fingerprint density at radius 3 is 1.83 bits per heavy atom. The van der Waals surface area contributed by atoms with Gasteiger partial charge in [0.1, 0.15) is 25.4 Å². The van der Waals surface area contributed by atoms with Crippen molar-refractivity contribution in [3.63, 3.8) is 0 Å². The Morgan fingerprint density at radius 1 is 1.06 bits per heavy atom. The molecule has 0 spiro atoms. The Labute approximate surface area is 111 Å². The normalized spacial score (nSPS) is 26.7. The summed E-state index contributed by atoms with van der Waals surface area (Å²) in [4.78, 5) is 32.7. The molecule has 2 unspecified atom stereocenters. The van der Waals surface area contributed by atoms with Crippen molar-refractivity contribution in [1.82, 2.24) is 0 Å². The smallest absolute Gasteiger partial charge is 0.450 e. The minimum atomic E-state index is -0.865. The Morgan fingerprint density at radius 2 is 1.50 bits per heavy atom.